The molecule has 17 heavy (non-hydrogen) atoms. The van der Waals surface area contributed by atoms with Crippen molar-refractivity contribution in [3.05, 3.63) is 29.8 Å². The van der Waals surface area contributed by atoms with Gasteiger partial charge in [-0.15, -0.1) is 12.3 Å². The van der Waals surface area contributed by atoms with Crippen LogP contribution in [0.2, 0.25) is 0 Å². The summed E-state index contributed by atoms with van der Waals surface area (Å²) in [6.45, 7) is 2.70. The summed E-state index contributed by atoms with van der Waals surface area (Å²) in [5, 5.41) is 3.33. The molecule has 92 valence electrons. The Morgan fingerprint density at radius 2 is 2.18 bits per heavy atom. The van der Waals surface area contributed by atoms with E-state index in [2.05, 4.69) is 17.3 Å². The second-order valence-corrected chi connectivity index (χ2v) is 3.91. The van der Waals surface area contributed by atoms with Gasteiger partial charge < -0.3 is 10.1 Å². The average Bonchev–Trinajstić information content (AvgIpc) is 2.36. The smallest absolute Gasteiger partial charge is 0.124 e. The molecule has 0 radical (unpaired) electrons. The monoisotopic (exact) mass is 231 g/mol. The van der Waals surface area contributed by atoms with Gasteiger partial charge in [0.15, 0.2) is 0 Å². The molecule has 1 rings (SSSR count). The molecule has 2 heteroatoms. The minimum absolute atomic E-state index is 0.311. The lowest BCUT2D eigenvalue weighted by Crippen LogP contribution is -2.17. The van der Waals surface area contributed by atoms with Gasteiger partial charge in [-0.1, -0.05) is 18.2 Å². The van der Waals surface area contributed by atoms with Crippen molar-refractivity contribution in [2.24, 2.45) is 0 Å². The molecule has 0 aliphatic rings. The van der Waals surface area contributed by atoms with Gasteiger partial charge in [-0.05, 0) is 32.9 Å². The predicted molar refractivity (Wildman–Crippen MR) is 72.1 cm³/mol. The van der Waals surface area contributed by atoms with E-state index in [1.165, 1.54) is 5.56 Å². The standard InChI is InChI=1S/C15H21NO/c1-4-6-7-11-14(16-3)13-10-8-9-12-15(13)17-5-2/h1,8-10,12,14,16H,5-7,11H2,2-3H3. The average molecular weight is 231 g/mol. The minimum atomic E-state index is 0.311. The first kappa shape index (κ1) is 13.6. The summed E-state index contributed by atoms with van der Waals surface area (Å²) in [5.41, 5.74) is 1.22. The summed E-state index contributed by atoms with van der Waals surface area (Å²) < 4.78 is 5.65. The Morgan fingerprint density at radius 1 is 1.41 bits per heavy atom. The fourth-order valence-electron chi connectivity index (χ4n) is 1.92. The fraction of sp³-hybridized carbons (Fsp3) is 0.467. The van der Waals surface area contributed by atoms with E-state index in [9.17, 15) is 0 Å². The van der Waals surface area contributed by atoms with Gasteiger partial charge in [0.05, 0.1) is 6.61 Å². The lowest BCUT2D eigenvalue weighted by atomic mass is 10.0. The molecule has 1 unspecified atom stereocenters. The first-order valence-corrected chi connectivity index (χ1v) is 6.16. The van der Waals surface area contributed by atoms with Crippen LogP contribution < -0.4 is 10.1 Å². The van der Waals surface area contributed by atoms with E-state index in [1.807, 2.05) is 32.2 Å². The van der Waals surface area contributed by atoms with Crippen LogP contribution in [0.1, 0.15) is 37.8 Å². The molecular weight excluding hydrogens is 210 g/mol. The van der Waals surface area contributed by atoms with Crippen LogP contribution in [0.25, 0.3) is 0 Å². The maximum absolute atomic E-state index is 5.65. The summed E-state index contributed by atoms with van der Waals surface area (Å²) in [6, 6.07) is 8.49. The van der Waals surface area contributed by atoms with Crippen LogP contribution in [0.3, 0.4) is 0 Å². The van der Waals surface area contributed by atoms with Crippen molar-refractivity contribution in [3.8, 4) is 18.1 Å². The van der Waals surface area contributed by atoms with Crippen LogP contribution in [-0.2, 0) is 0 Å². The van der Waals surface area contributed by atoms with Crippen LogP contribution in [0, 0.1) is 12.3 Å². The van der Waals surface area contributed by atoms with Crippen LogP contribution >= 0.6 is 0 Å². The molecule has 1 aromatic rings. The number of terminal acetylenes is 1. The topological polar surface area (TPSA) is 21.3 Å². The summed E-state index contributed by atoms with van der Waals surface area (Å²) in [7, 11) is 1.98. The van der Waals surface area contributed by atoms with Gasteiger partial charge in [-0.25, -0.2) is 0 Å². The number of ether oxygens (including phenoxy) is 1. The van der Waals surface area contributed by atoms with Gasteiger partial charge in [0, 0.05) is 18.0 Å². The minimum Gasteiger partial charge on any atom is -0.494 e. The second kappa shape index (κ2) is 7.76. The highest BCUT2D eigenvalue weighted by molar-refractivity contribution is 5.35. The lowest BCUT2D eigenvalue weighted by molar-refractivity contribution is 0.330. The number of rotatable bonds is 7. The van der Waals surface area contributed by atoms with E-state index in [-0.39, 0.29) is 0 Å². The summed E-state index contributed by atoms with van der Waals surface area (Å²) in [6.07, 6.45) is 8.17. The quantitative estimate of drug-likeness (QED) is 0.575. The lowest BCUT2D eigenvalue weighted by Gasteiger charge is -2.19. The second-order valence-electron chi connectivity index (χ2n) is 3.91. The fourth-order valence-corrected chi connectivity index (χ4v) is 1.92. The van der Waals surface area contributed by atoms with E-state index < -0.39 is 0 Å². The Morgan fingerprint density at radius 3 is 2.82 bits per heavy atom. The Balaban J connectivity index is 2.76. The summed E-state index contributed by atoms with van der Waals surface area (Å²) in [4.78, 5) is 0. The predicted octanol–water partition coefficient (Wildman–Crippen LogP) is 3.15. The van der Waals surface area contributed by atoms with Gasteiger partial charge in [0.2, 0.25) is 0 Å². The van der Waals surface area contributed by atoms with Crippen molar-refractivity contribution in [1.29, 1.82) is 0 Å². The zero-order chi connectivity index (χ0) is 12.5. The first-order valence-electron chi connectivity index (χ1n) is 6.16. The molecule has 0 bridgehead atoms. The van der Waals surface area contributed by atoms with Crippen molar-refractivity contribution >= 4 is 0 Å². The summed E-state index contributed by atoms with van der Waals surface area (Å²) in [5.74, 6) is 3.65. The number of benzene rings is 1. The third kappa shape index (κ3) is 4.13. The molecule has 0 aliphatic heterocycles. The summed E-state index contributed by atoms with van der Waals surface area (Å²) >= 11 is 0. The molecular formula is C15H21NO. The van der Waals surface area contributed by atoms with Crippen molar-refractivity contribution in [3.63, 3.8) is 0 Å². The van der Waals surface area contributed by atoms with E-state index >= 15 is 0 Å². The highest BCUT2D eigenvalue weighted by Gasteiger charge is 2.13. The Bertz CT molecular complexity index is 367. The molecule has 1 atom stereocenters. The molecule has 0 aromatic heterocycles. The molecule has 0 aliphatic carbocycles. The molecule has 0 amide bonds. The maximum Gasteiger partial charge on any atom is 0.124 e. The zero-order valence-corrected chi connectivity index (χ0v) is 10.7. The van der Waals surface area contributed by atoms with Gasteiger partial charge >= 0.3 is 0 Å². The number of unbranched alkanes of at least 4 members (excludes halogenated alkanes) is 1. The largest absolute Gasteiger partial charge is 0.494 e. The molecule has 0 saturated heterocycles. The SMILES string of the molecule is C#CCCCC(NC)c1ccccc1OCC. The Labute approximate surface area is 104 Å². The number of para-hydroxylation sites is 1. The Hall–Kier alpha value is -1.46. The molecule has 0 saturated carbocycles. The van der Waals surface area contributed by atoms with Crippen LogP contribution in [0.15, 0.2) is 24.3 Å². The first-order chi connectivity index (χ1) is 8.33. The maximum atomic E-state index is 5.65. The highest BCUT2D eigenvalue weighted by Crippen LogP contribution is 2.28. The van der Waals surface area contributed by atoms with Crippen LogP contribution in [-0.4, -0.2) is 13.7 Å². The molecule has 2 nitrogen and oxygen atoms in total. The molecule has 0 spiro atoms. The van der Waals surface area contributed by atoms with E-state index in [1.54, 1.807) is 0 Å². The van der Waals surface area contributed by atoms with E-state index in [4.69, 9.17) is 11.2 Å². The molecule has 0 fully saturated rings. The van der Waals surface area contributed by atoms with Crippen LogP contribution in [0.5, 0.6) is 5.75 Å². The van der Waals surface area contributed by atoms with Crippen molar-refractivity contribution < 1.29 is 4.74 Å². The zero-order valence-electron chi connectivity index (χ0n) is 10.7. The van der Waals surface area contributed by atoms with Gasteiger partial charge in [0.25, 0.3) is 0 Å². The van der Waals surface area contributed by atoms with Crippen LogP contribution in [0.4, 0.5) is 0 Å². The number of hydrogen-bond acceptors (Lipinski definition) is 2. The normalized spacial score (nSPS) is 11.8. The van der Waals surface area contributed by atoms with E-state index in [0.29, 0.717) is 12.6 Å². The molecule has 0 heterocycles. The third-order valence-electron chi connectivity index (χ3n) is 2.76. The molecule has 1 aromatic carbocycles. The van der Waals surface area contributed by atoms with Crippen molar-refractivity contribution in [2.45, 2.75) is 32.2 Å². The number of hydrogen-bond donors (Lipinski definition) is 1. The van der Waals surface area contributed by atoms with Crippen molar-refractivity contribution in [1.82, 2.24) is 5.32 Å². The van der Waals surface area contributed by atoms with E-state index in [0.717, 1.165) is 25.0 Å². The van der Waals surface area contributed by atoms with Gasteiger partial charge in [-0.2, -0.15) is 0 Å². The Kier molecular flexibility index (Phi) is 6.21. The highest BCUT2D eigenvalue weighted by atomic mass is 16.5. The van der Waals surface area contributed by atoms with Gasteiger partial charge in [-0.3, -0.25) is 0 Å². The third-order valence-corrected chi connectivity index (χ3v) is 2.76. The van der Waals surface area contributed by atoms with Gasteiger partial charge in [0.1, 0.15) is 5.75 Å². The molecule has 1 N–H and O–H groups in total. The van der Waals surface area contributed by atoms with Crippen molar-refractivity contribution in [2.75, 3.05) is 13.7 Å². The number of nitrogens with one attached hydrogen (secondary N) is 1.